The van der Waals surface area contributed by atoms with Crippen molar-refractivity contribution in [3.05, 3.63) is 47.2 Å². The molecule has 0 aliphatic rings. The Kier molecular flexibility index (Phi) is 9.56. The number of aryl methyl sites for hydroxylation is 2. The summed E-state index contributed by atoms with van der Waals surface area (Å²) >= 11 is 0. The molecule has 28 heavy (non-hydrogen) atoms. The number of para-hydroxylation sites is 1. The van der Waals surface area contributed by atoms with Crippen molar-refractivity contribution in [1.29, 1.82) is 0 Å². The van der Waals surface area contributed by atoms with Crippen LogP contribution in [-0.4, -0.2) is 30.3 Å². The van der Waals surface area contributed by atoms with Crippen LogP contribution in [0.3, 0.4) is 0 Å². The second-order valence-electron chi connectivity index (χ2n) is 5.81. The van der Waals surface area contributed by atoms with Crippen LogP contribution in [0.4, 0.5) is 13.2 Å². The Morgan fingerprint density at radius 2 is 1.93 bits per heavy atom. The van der Waals surface area contributed by atoms with Gasteiger partial charge in [0.25, 0.3) is 0 Å². The second-order valence-corrected chi connectivity index (χ2v) is 5.81. The highest BCUT2D eigenvalue weighted by atomic mass is 127. The summed E-state index contributed by atoms with van der Waals surface area (Å²) in [6.45, 7) is 5.40. The number of hydrogen-bond acceptors (Lipinski definition) is 4. The Hall–Kier alpha value is -1.98. The fourth-order valence-corrected chi connectivity index (χ4v) is 2.21. The number of oxazole rings is 1. The molecular formula is C18H24F3IN4O2. The molecular weight excluding hydrogens is 488 g/mol. The van der Waals surface area contributed by atoms with Gasteiger partial charge in [0, 0.05) is 12.1 Å². The van der Waals surface area contributed by atoms with E-state index in [4.69, 9.17) is 9.15 Å². The standard InChI is InChI=1S/C18H23F3N4O2.HI/c1-4-22-17(24-10-16-25-12(2)13(3)27-16)23-9-14-7-5-6-8-15(14)26-11-18(19,20)21;/h5-8H,4,9-11H2,1-3H3,(H2,22,23,24);1H. The van der Waals surface area contributed by atoms with Crippen molar-refractivity contribution in [3.8, 4) is 5.75 Å². The number of ether oxygens (including phenoxy) is 1. The van der Waals surface area contributed by atoms with E-state index in [1.165, 1.54) is 6.07 Å². The van der Waals surface area contributed by atoms with Gasteiger partial charge in [0.1, 0.15) is 11.5 Å². The van der Waals surface area contributed by atoms with Crippen LogP contribution in [0.2, 0.25) is 0 Å². The van der Waals surface area contributed by atoms with Crippen molar-refractivity contribution >= 4 is 29.9 Å². The number of hydrogen-bond donors (Lipinski definition) is 2. The van der Waals surface area contributed by atoms with E-state index in [1.807, 2.05) is 20.8 Å². The number of nitrogens with one attached hydrogen (secondary N) is 2. The molecule has 1 aromatic carbocycles. The van der Waals surface area contributed by atoms with Gasteiger partial charge >= 0.3 is 6.18 Å². The molecule has 0 amide bonds. The SMILES string of the molecule is CCNC(=NCc1ccccc1OCC(F)(F)F)NCc1nc(C)c(C)o1.I. The monoisotopic (exact) mass is 512 g/mol. The number of halogens is 4. The molecule has 0 saturated carbocycles. The minimum atomic E-state index is -4.39. The lowest BCUT2D eigenvalue weighted by Crippen LogP contribution is -2.36. The van der Waals surface area contributed by atoms with Crippen LogP contribution in [0, 0.1) is 13.8 Å². The first-order chi connectivity index (χ1) is 12.8. The molecule has 2 rings (SSSR count). The Morgan fingerprint density at radius 1 is 1.21 bits per heavy atom. The number of benzene rings is 1. The maximum atomic E-state index is 12.4. The molecule has 0 aliphatic heterocycles. The van der Waals surface area contributed by atoms with E-state index in [0.717, 1.165) is 11.5 Å². The lowest BCUT2D eigenvalue weighted by Gasteiger charge is -2.13. The van der Waals surface area contributed by atoms with Crippen molar-refractivity contribution in [3.63, 3.8) is 0 Å². The molecule has 0 spiro atoms. The van der Waals surface area contributed by atoms with E-state index in [-0.39, 0.29) is 36.3 Å². The quantitative estimate of drug-likeness (QED) is 0.332. The third-order valence-corrected chi connectivity index (χ3v) is 3.60. The van der Waals surface area contributed by atoms with Crippen LogP contribution in [0.25, 0.3) is 0 Å². The van der Waals surface area contributed by atoms with Gasteiger partial charge in [-0.2, -0.15) is 13.2 Å². The molecule has 2 aromatic rings. The van der Waals surface area contributed by atoms with Crippen molar-refractivity contribution in [2.75, 3.05) is 13.2 Å². The number of guanidine groups is 1. The number of alkyl halides is 3. The highest BCUT2D eigenvalue weighted by molar-refractivity contribution is 14.0. The van der Waals surface area contributed by atoms with Gasteiger partial charge in [-0.25, -0.2) is 9.98 Å². The molecule has 0 unspecified atom stereocenters. The van der Waals surface area contributed by atoms with Crippen LogP contribution in [0.15, 0.2) is 33.7 Å². The van der Waals surface area contributed by atoms with Gasteiger partial charge in [-0.1, -0.05) is 18.2 Å². The maximum Gasteiger partial charge on any atom is 0.422 e. The fourth-order valence-electron chi connectivity index (χ4n) is 2.21. The van der Waals surface area contributed by atoms with Gasteiger partial charge in [-0.3, -0.25) is 0 Å². The van der Waals surface area contributed by atoms with Gasteiger partial charge in [-0.05, 0) is 26.8 Å². The predicted octanol–water partition coefficient (Wildman–Crippen LogP) is 4.11. The summed E-state index contributed by atoms with van der Waals surface area (Å²) in [5.74, 6) is 1.94. The number of aromatic nitrogens is 1. The lowest BCUT2D eigenvalue weighted by atomic mass is 10.2. The first-order valence-electron chi connectivity index (χ1n) is 8.51. The summed E-state index contributed by atoms with van der Waals surface area (Å²) < 4.78 is 47.6. The Balaban J connectivity index is 0.00000392. The third kappa shape index (κ3) is 7.95. The number of rotatable bonds is 7. The first kappa shape index (κ1) is 24.1. The van der Waals surface area contributed by atoms with E-state index >= 15 is 0 Å². The molecule has 0 saturated heterocycles. The highest BCUT2D eigenvalue weighted by Gasteiger charge is 2.28. The molecule has 2 N–H and O–H groups in total. The lowest BCUT2D eigenvalue weighted by molar-refractivity contribution is -0.153. The average molecular weight is 512 g/mol. The largest absolute Gasteiger partial charge is 0.484 e. The predicted molar refractivity (Wildman–Crippen MR) is 111 cm³/mol. The van der Waals surface area contributed by atoms with E-state index in [1.54, 1.807) is 18.2 Å². The normalized spacial score (nSPS) is 11.7. The summed E-state index contributed by atoms with van der Waals surface area (Å²) in [5.41, 5.74) is 1.38. The van der Waals surface area contributed by atoms with Gasteiger partial charge in [0.05, 0.1) is 18.8 Å². The van der Waals surface area contributed by atoms with Crippen molar-refractivity contribution in [1.82, 2.24) is 15.6 Å². The molecule has 10 heteroatoms. The van der Waals surface area contributed by atoms with E-state index in [0.29, 0.717) is 30.5 Å². The molecule has 0 atom stereocenters. The van der Waals surface area contributed by atoms with Crippen LogP contribution in [0.5, 0.6) is 5.75 Å². The third-order valence-electron chi connectivity index (χ3n) is 3.60. The van der Waals surface area contributed by atoms with E-state index < -0.39 is 12.8 Å². The minimum absolute atomic E-state index is 0. The second kappa shape index (κ2) is 11.1. The summed E-state index contributed by atoms with van der Waals surface area (Å²) in [6.07, 6.45) is -4.39. The van der Waals surface area contributed by atoms with Gasteiger partial charge in [0.15, 0.2) is 12.6 Å². The molecule has 0 fully saturated rings. The highest BCUT2D eigenvalue weighted by Crippen LogP contribution is 2.22. The topological polar surface area (TPSA) is 71.7 Å². The summed E-state index contributed by atoms with van der Waals surface area (Å²) in [7, 11) is 0. The zero-order chi connectivity index (χ0) is 19.9. The summed E-state index contributed by atoms with van der Waals surface area (Å²) in [6, 6.07) is 6.52. The fraction of sp³-hybridized carbons (Fsp3) is 0.444. The van der Waals surface area contributed by atoms with Gasteiger partial charge in [-0.15, -0.1) is 24.0 Å². The Morgan fingerprint density at radius 3 is 2.54 bits per heavy atom. The van der Waals surface area contributed by atoms with Gasteiger partial charge in [0.2, 0.25) is 5.89 Å². The molecule has 0 radical (unpaired) electrons. The van der Waals surface area contributed by atoms with Crippen LogP contribution in [-0.2, 0) is 13.1 Å². The summed E-state index contributed by atoms with van der Waals surface area (Å²) in [4.78, 5) is 8.68. The maximum absolute atomic E-state index is 12.4. The smallest absolute Gasteiger partial charge is 0.422 e. The van der Waals surface area contributed by atoms with Crippen molar-refractivity contribution in [2.24, 2.45) is 4.99 Å². The van der Waals surface area contributed by atoms with Crippen LogP contribution >= 0.6 is 24.0 Å². The molecule has 1 aromatic heterocycles. The summed E-state index contributed by atoms with van der Waals surface area (Å²) in [5, 5.41) is 6.15. The molecule has 0 bridgehead atoms. The average Bonchev–Trinajstić information content (AvgIpc) is 2.93. The van der Waals surface area contributed by atoms with E-state index in [9.17, 15) is 13.2 Å². The van der Waals surface area contributed by atoms with Crippen LogP contribution in [0.1, 0.15) is 29.8 Å². The minimum Gasteiger partial charge on any atom is -0.484 e. The van der Waals surface area contributed by atoms with Crippen molar-refractivity contribution in [2.45, 2.75) is 40.0 Å². The van der Waals surface area contributed by atoms with Gasteiger partial charge < -0.3 is 19.8 Å². The Labute approximate surface area is 179 Å². The molecule has 156 valence electrons. The zero-order valence-electron chi connectivity index (χ0n) is 15.9. The number of aliphatic imine (C=N–C) groups is 1. The Bertz CT molecular complexity index is 759. The van der Waals surface area contributed by atoms with Crippen molar-refractivity contribution < 1.29 is 22.3 Å². The first-order valence-corrected chi connectivity index (χ1v) is 8.51. The molecule has 1 heterocycles. The number of nitrogens with zero attached hydrogens (tertiary/aromatic N) is 2. The molecule has 0 aliphatic carbocycles. The van der Waals surface area contributed by atoms with E-state index in [2.05, 4.69) is 20.6 Å². The molecule has 6 nitrogen and oxygen atoms in total. The zero-order valence-corrected chi connectivity index (χ0v) is 18.2. The van der Waals surface area contributed by atoms with Crippen LogP contribution < -0.4 is 15.4 Å².